The number of amides is 3. The number of piperazine rings is 1. The summed E-state index contributed by atoms with van der Waals surface area (Å²) in [6.07, 6.45) is 0.243. The van der Waals surface area contributed by atoms with E-state index in [0.717, 1.165) is 66.9 Å². The highest BCUT2D eigenvalue weighted by molar-refractivity contribution is 9.10. The van der Waals surface area contributed by atoms with E-state index >= 15 is 8.78 Å². The number of imide groups is 1. The summed E-state index contributed by atoms with van der Waals surface area (Å²) in [7, 11) is -2.33. The molecule has 0 saturated carbocycles. The first-order chi connectivity index (χ1) is 33.3. The average molecular weight is 1060 g/mol. The summed E-state index contributed by atoms with van der Waals surface area (Å²) >= 11 is 3.42. The minimum atomic E-state index is -4.67. The third-order valence-electron chi connectivity index (χ3n) is 14.0. The summed E-state index contributed by atoms with van der Waals surface area (Å²) in [5.41, 5.74) is 1.71. The number of methoxy groups -OCH3 is 1. The van der Waals surface area contributed by atoms with E-state index < -0.39 is 51.1 Å². The van der Waals surface area contributed by atoms with Crippen LogP contribution in [0.3, 0.4) is 0 Å². The van der Waals surface area contributed by atoms with Gasteiger partial charge in [0.25, 0.3) is 0 Å². The zero-order valence-corrected chi connectivity index (χ0v) is 41.0. The van der Waals surface area contributed by atoms with Gasteiger partial charge in [0, 0.05) is 101 Å². The van der Waals surface area contributed by atoms with Crippen LogP contribution < -0.4 is 34.8 Å². The minimum absolute atomic E-state index is 0.00754. The molecule has 4 aromatic rings. The van der Waals surface area contributed by atoms with Gasteiger partial charge in [-0.1, -0.05) is 6.92 Å². The molecule has 1 unspecified atom stereocenters. The lowest BCUT2D eigenvalue weighted by Gasteiger charge is -2.46. The van der Waals surface area contributed by atoms with Gasteiger partial charge in [-0.3, -0.25) is 28.9 Å². The Kier molecular flexibility index (Phi) is 13.6. The fourth-order valence-electron chi connectivity index (χ4n) is 10.4. The summed E-state index contributed by atoms with van der Waals surface area (Å²) in [4.78, 5) is 54.8. The maximum Gasteiger partial charge on any atom is 0.416 e. The number of carbonyl (C=O) groups excluding carboxylic acids is 3. The van der Waals surface area contributed by atoms with Gasteiger partial charge < -0.3 is 30.1 Å². The quantitative estimate of drug-likeness (QED) is 0.101. The summed E-state index contributed by atoms with van der Waals surface area (Å²) in [6, 6.07) is 8.84. The number of ether oxygens (including phenoxy) is 1. The number of hydrogen-bond acceptors (Lipinski definition) is 13. The minimum Gasteiger partial charge on any atom is -0.494 e. The van der Waals surface area contributed by atoms with Crippen LogP contribution in [0.2, 0.25) is 0 Å². The number of hydrogen-bond donors (Lipinski definition) is 3. The fourth-order valence-corrected chi connectivity index (χ4v) is 11.6. The van der Waals surface area contributed by atoms with Crippen molar-refractivity contribution in [3.63, 3.8) is 0 Å². The molecule has 0 bridgehead atoms. The maximum absolute atomic E-state index is 15.2. The van der Waals surface area contributed by atoms with Crippen molar-refractivity contribution in [3.8, 4) is 5.75 Å². The molecule has 4 fully saturated rings. The second-order valence-electron chi connectivity index (χ2n) is 18.3. The van der Waals surface area contributed by atoms with E-state index in [1.807, 2.05) is 17.0 Å². The molecule has 5 aliphatic heterocycles. The smallest absolute Gasteiger partial charge is 0.416 e. The van der Waals surface area contributed by atoms with Crippen LogP contribution in [0.4, 0.5) is 62.2 Å². The highest BCUT2D eigenvalue weighted by Gasteiger charge is 2.42. The number of nitrogens with one attached hydrogen (secondary N) is 3. The van der Waals surface area contributed by atoms with Gasteiger partial charge in [0.2, 0.25) is 33.7 Å². The van der Waals surface area contributed by atoms with Crippen LogP contribution in [-0.4, -0.2) is 124 Å². The Morgan fingerprint density at radius 1 is 0.914 bits per heavy atom. The Balaban J connectivity index is 0.793. The number of sulfonamides is 1. The van der Waals surface area contributed by atoms with E-state index in [9.17, 15) is 36.0 Å². The number of fused-ring (bicyclic) bond motifs is 1. The number of alkyl halides is 3. The average Bonchev–Trinajstić information content (AvgIpc) is 3.77. The van der Waals surface area contributed by atoms with Gasteiger partial charge in [0.05, 0.1) is 52.3 Å². The standard InChI is InChI=1S/C47H52BrF5N10O6S/c1-4-26-19-37(56-46-54-23-33(48)43(58-46)55-36-7-6-32(47(51,52)53)30-11-14-63(42(30)36)70(3,67)68)39(69-2)22-38(26)60-12-9-28(10-13-60)59-15-17-61(18-16-59)45(66)27-24-62(25-27)29-20-34(49)41(35(50)21-29)31-5-8-40(64)57-44(31)65/h6-7,19-23,27-28,31H,4-5,8-18,24-25H2,1-3H3,(H,57,64,65)(H2,54,55,56,58). The number of aromatic nitrogens is 2. The maximum atomic E-state index is 15.2. The predicted octanol–water partition coefficient (Wildman–Crippen LogP) is 6.69. The third kappa shape index (κ3) is 9.79. The van der Waals surface area contributed by atoms with Gasteiger partial charge in [-0.15, -0.1) is 0 Å². The van der Waals surface area contributed by atoms with Gasteiger partial charge in [0.1, 0.15) is 23.2 Å². The number of benzene rings is 3. The number of aryl methyl sites for hydroxylation is 1. The zero-order valence-electron chi connectivity index (χ0n) is 38.6. The van der Waals surface area contributed by atoms with Gasteiger partial charge in [-0.25, -0.2) is 22.2 Å². The molecule has 70 heavy (non-hydrogen) atoms. The molecule has 0 spiro atoms. The summed E-state index contributed by atoms with van der Waals surface area (Å²) < 4.78 is 105. The number of carbonyl (C=O) groups is 3. The molecule has 0 aliphatic carbocycles. The van der Waals surface area contributed by atoms with Crippen molar-refractivity contribution in [1.29, 1.82) is 0 Å². The first-order valence-corrected chi connectivity index (χ1v) is 25.8. The van der Waals surface area contributed by atoms with Crippen molar-refractivity contribution in [1.82, 2.24) is 25.1 Å². The van der Waals surface area contributed by atoms with E-state index in [1.165, 1.54) is 24.4 Å². The first-order valence-electron chi connectivity index (χ1n) is 23.1. The van der Waals surface area contributed by atoms with Crippen LogP contribution in [0, 0.1) is 17.6 Å². The monoisotopic (exact) mass is 1060 g/mol. The highest BCUT2D eigenvalue weighted by atomic mass is 79.9. The number of anilines is 7. The Morgan fingerprint density at radius 2 is 1.61 bits per heavy atom. The first kappa shape index (κ1) is 49.2. The van der Waals surface area contributed by atoms with Gasteiger partial charge in [-0.2, -0.15) is 18.2 Å². The van der Waals surface area contributed by atoms with Crippen molar-refractivity contribution in [2.45, 2.75) is 63.6 Å². The lowest BCUT2D eigenvalue weighted by atomic mass is 9.89. The van der Waals surface area contributed by atoms with E-state index in [-0.39, 0.29) is 71.9 Å². The summed E-state index contributed by atoms with van der Waals surface area (Å²) in [5.74, 6) is -3.33. The van der Waals surface area contributed by atoms with Crippen molar-refractivity contribution < 1.29 is 49.5 Å². The van der Waals surface area contributed by atoms with Crippen LogP contribution >= 0.6 is 15.9 Å². The molecule has 1 atom stereocenters. The largest absolute Gasteiger partial charge is 0.494 e. The second kappa shape index (κ2) is 19.4. The van der Waals surface area contributed by atoms with Gasteiger partial charge in [0.15, 0.2) is 0 Å². The molecule has 3 N–H and O–H groups in total. The zero-order chi connectivity index (χ0) is 49.8. The lowest BCUT2D eigenvalue weighted by Crippen LogP contribution is -2.59. The van der Waals surface area contributed by atoms with Crippen LogP contribution in [0.25, 0.3) is 0 Å². The highest BCUT2D eigenvalue weighted by Crippen LogP contribution is 2.46. The fraction of sp³-hybridized carbons (Fsp3) is 0.468. The van der Waals surface area contributed by atoms with Crippen molar-refractivity contribution >= 4 is 83.9 Å². The SMILES string of the molecule is CCc1cc(Nc2ncc(Br)c(Nc3ccc(C(F)(F)F)c4c3N(S(C)(=O)=O)CC4)n2)c(OC)cc1N1CCC(N2CCN(C(=O)C3CN(c4cc(F)c(C5CCC(=O)NC5=O)c(F)c4)C3)CC2)CC1. The van der Waals surface area contributed by atoms with Gasteiger partial charge >= 0.3 is 6.18 Å². The van der Waals surface area contributed by atoms with Crippen LogP contribution in [0.1, 0.15) is 60.8 Å². The number of piperidine rings is 2. The van der Waals surface area contributed by atoms with Crippen LogP contribution in [-0.2, 0) is 43.4 Å². The van der Waals surface area contributed by atoms with Crippen molar-refractivity contribution in [2.24, 2.45) is 5.92 Å². The molecule has 0 radical (unpaired) electrons. The predicted molar refractivity (Wildman–Crippen MR) is 257 cm³/mol. The normalized spacial score (nSPS) is 19.5. The lowest BCUT2D eigenvalue weighted by molar-refractivity contribution is -0.139. The van der Waals surface area contributed by atoms with E-state index in [2.05, 4.69) is 58.6 Å². The Hall–Kier alpha value is -5.81. The number of rotatable bonds is 12. The Bertz CT molecular complexity index is 2810. The molecule has 1 aromatic heterocycles. The Morgan fingerprint density at radius 3 is 2.24 bits per heavy atom. The molecular weight excluding hydrogens is 1010 g/mol. The van der Waals surface area contributed by atoms with E-state index in [0.29, 0.717) is 60.2 Å². The third-order valence-corrected chi connectivity index (χ3v) is 15.8. The van der Waals surface area contributed by atoms with E-state index in [1.54, 1.807) is 12.0 Å². The Labute approximate surface area is 410 Å². The molecule has 9 rings (SSSR count). The van der Waals surface area contributed by atoms with Gasteiger partial charge in [-0.05, 0) is 89.5 Å². The van der Waals surface area contributed by atoms with Crippen LogP contribution in [0.5, 0.6) is 5.75 Å². The number of nitrogens with zero attached hydrogens (tertiary/aromatic N) is 7. The summed E-state index contributed by atoms with van der Waals surface area (Å²) in [5, 5.41) is 8.42. The molecule has 3 amide bonds. The molecule has 23 heteroatoms. The molecular formula is C47H52BrF5N10O6S. The molecule has 374 valence electrons. The summed E-state index contributed by atoms with van der Waals surface area (Å²) in [6.45, 7) is 6.85. The van der Waals surface area contributed by atoms with Crippen molar-refractivity contribution in [2.75, 3.05) is 97.0 Å². The molecule has 4 saturated heterocycles. The molecule has 16 nitrogen and oxygen atoms in total. The second-order valence-corrected chi connectivity index (χ2v) is 21.0. The topological polar surface area (TPSA) is 173 Å². The van der Waals surface area contributed by atoms with E-state index in [4.69, 9.17) is 4.74 Å². The number of halogens is 6. The molecule has 5 aliphatic rings. The molecule has 3 aromatic carbocycles. The van der Waals surface area contributed by atoms with Crippen LogP contribution in [0.15, 0.2) is 47.1 Å². The van der Waals surface area contributed by atoms with Crippen molar-refractivity contribution in [3.05, 3.63) is 81.0 Å². The molecule has 6 heterocycles.